The first kappa shape index (κ1) is 16.0. The van der Waals surface area contributed by atoms with Gasteiger partial charge in [0.25, 0.3) is 0 Å². The molecule has 0 saturated heterocycles. The summed E-state index contributed by atoms with van der Waals surface area (Å²) in [7, 11) is 1.29. The van der Waals surface area contributed by atoms with Crippen LogP contribution < -0.4 is 16.4 Å². The van der Waals surface area contributed by atoms with Crippen molar-refractivity contribution in [1.82, 2.24) is 0 Å². The molecule has 4 N–H and O–H groups in total. The molecule has 6 nitrogen and oxygen atoms in total. The number of nitrogens with one attached hydrogen (secondary N) is 2. The fraction of sp³-hybridized carbons (Fsp3) is 0.429. The molecule has 1 atom stereocenters. The number of carbonyl (C=O) groups excluding carboxylic acids is 2. The number of rotatable bonds is 3. The van der Waals surface area contributed by atoms with E-state index in [1.807, 2.05) is 20.8 Å². The van der Waals surface area contributed by atoms with Crippen molar-refractivity contribution < 1.29 is 14.3 Å². The van der Waals surface area contributed by atoms with Crippen molar-refractivity contribution >= 4 is 23.4 Å². The number of hydrogen-bond acceptors (Lipinski definition) is 4. The van der Waals surface area contributed by atoms with E-state index in [2.05, 4.69) is 15.4 Å². The van der Waals surface area contributed by atoms with Crippen LogP contribution in [0.15, 0.2) is 24.3 Å². The van der Waals surface area contributed by atoms with Gasteiger partial charge < -0.3 is 15.8 Å². The van der Waals surface area contributed by atoms with Gasteiger partial charge in [0.05, 0.1) is 13.2 Å². The highest BCUT2D eigenvalue weighted by Crippen LogP contribution is 2.19. The van der Waals surface area contributed by atoms with Crippen LogP contribution in [0.5, 0.6) is 0 Å². The highest BCUT2D eigenvalue weighted by atomic mass is 16.5. The number of ether oxygens (including phenoxy) is 1. The molecule has 0 heterocycles. The lowest BCUT2D eigenvalue weighted by molar-refractivity contribution is -0.119. The van der Waals surface area contributed by atoms with E-state index in [-0.39, 0.29) is 11.3 Å². The lowest BCUT2D eigenvalue weighted by atomic mass is 9.87. The third-order valence-corrected chi connectivity index (χ3v) is 2.80. The molecule has 20 heavy (non-hydrogen) atoms. The Morgan fingerprint density at radius 3 is 1.95 bits per heavy atom. The van der Waals surface area contributed by atoms with Crippen LogP contribution in [0.3, 0.4) is 0 Å². The van der Waals surface area contributed by atoms with Gasteiger partial charge in [0, 0.05) is 11.4 Å². The number of amides is 2. The smallest absolute Gasteiger partial charge is 0.411 e. The number of hydrogen-bond donors (Lipinski definition) is 3. The fourth-order valence-corrected chi connectivity index (χ4v) is 1.42. The van der Waals surface area contributed by atoms with Crippen molar-refractivity contribution in [1.29, 1.82) is 0 Å². The van der Waals surface area contributed by atoms with E-state index in [0.29, 0.717) is 11.4 Å². The summed E-state index contributed by atoms with van der Waals surface area (Å²) in [6, 6.07) is 6.08. The van der Waals surface area contributed by atoms with E-state index in [0.717, 1.165) is 0 Å². The van der Waals surface area contributed by atoms with E-state index in [9.17, 15) is 9.59 Å². The molecule has 0 fully saturated rings. The Labute approximate surface area is 118 Å². The molecule has 1 unspecified atom stereocenters. The van der Waals surface area contributed by atoms with E-state index in [1.54, 1.807) is 24.3 Å². The van der Waals surface area contributed by atoms with Gasteiger partial charge in [-0.1, -0.05) is 20.8 Å². The van der Waals surface area contributed by atoms with Crippen LogP contribution in [0.4, 0.5) is 16.2 Å². The predicted molar refractivity (Wildman–Crippen MR) is 78.5 cm³/mol. The summed E-state index contributed by atoms with van der Waals surface area (Å²) < 4.78 is 4.48. The monoisotopic (exact) mass is 279 g/mol. The zero-order valence-electron chi connectivity index (χ0n) is 12.2. The van der Waals surface area contributed by atoms with Crippen LogP contribution in [-0.2, 0) is 9.53 Å². The van der Waals surface area contributed by atoms with Crippen molar-refractivity contribution in [2.24, 2.45) is 11.1 Å². The lowest BCUT2D eigenvalue weighted by Crippen LogP contribution is -2.45. The zero-order valence-corrected chi connectivity index (χ0v) is 12.2. The van der Waals surface area contributed by atoms with Crippen molar-refractivity contribution in [3.05, 3.63) is 24.3 Å². The van der Waals surface area contributed by atoms with Crippen molar-refractivity contribution in [3.63, 3.8) is 0 Å². The highest BCUT2D eigenvalue weighted by Gasteiger charge is 2.27. The van der Waals surface area contributed by atoms with E-state index >= 15 is 0 Å². The minimum atomic E-state index is -0.602. The maximum absolute atomic E-state index is 11.9. The number of anilines is 2. The van der Waals surface area contributed by atoms with Gasteiger partial charge in [-0.15, -0.1) is 0 Å². The average Bonchev–Trinajstić information content (AvgIpc) is 2.38. The molecule has 0 radical (unpaired) electrons. The SMILES string of the molecule is COC(=O)Nc1ccc(NC(=O)C(N)C(C)(C)C)cc1. The normalized spacial score (nSPS) is 12.4. The number of nitrogens with two attached hydrogens (primary N) is 1. The second kappa shape index (κ2) is 6.38. The van der Waals surface area contributed by atoms with Crippen LogP contribution in [0.25, 0.3) is 0 Å². The Bertz CT molecular complexity index is 477. The van der Waals surface area contributed by atoms with Crippen LogP contribution in [0.1, 0.15) is 20.8 Å². The highest BCUT2D eigenvalue weighted by molar-refractivity contribution is 5.95. The number of benzene rings is 1. The predicted octanol–water partition coefficient (Wildman–Crippen LogP) is 2.18. The first-order valence-electron chi connectivity index (χ1n) is 6.25. The molecule has 0 aliphatic carbocycles. The van der Waals surface area contributed by atoms with Gasteiger partial charge in [0.1, 0.15) is 0 Å². The molecule has 6 heteroatoms. The minimum absolute atomic E-state index is 0.244. The molecule has 1 aromatic carbocycles. The number of carbonyl (C=O) groups is 2. The number of methoxy groups -OCH3 is 1. The zero-order chi connectivity index (χ0) is 15.3. The van der Waals surface area contributed by atoms with Gasteiger partial charge in [-0.05, 0) is 29.7 Å². The standard InChI is InChI=1S/C14H21N3O3/c1-14(2,3)11(15)12(18)16-9-5-7-10(8-6-9)17-13(19)20-4/h5-8,11H,15H2,1-4H3,(H,16,18)(H,17,19). The van der Waals surface area contributed by atoms with Gasteiger partial charge in [-0.25, -0.2) is 4.79 Å². The van der Waals surface area contributed by atoms with Gasteiger partial charge in [-0.2, -0.15) is 0 Å². The molecule has 110 valence electrons. The molecule has 2 amide bonds. The summed E-state index contributed by atoms with van der Waals surface area (Å²) in [5.74, 6) is -0.244. The summed E-state index contributed by atoms with van der Waals surface area (Å²) in [5.41, 5.74) is 6.76. The van der Waals surface area contributed by atoms with E-state index < -0.39 is 12.1 Å². The fourth-order valence-electron chi connectivity index (χ4n) is 1.42. The molecule has 0 saturated carbocycles. The minimum Gasteiger partial charge on any atom is -0.453 e. The maximum atomic E-state index is 11.9. The quantitative estimate of drug-likeness (QED) is 0.790. The molecule has 0 aromatic heterocycles. The molecule has 0 aliphatic heterocycles. The van der Waals surface area contributed by atoms with E-state index in [4.69, 9.17) is 5.73 Å². The maximum Gasteiger partial charge on any atom is 0.411 e. The Kier molecular flexibility index (Phi) is 5.10. The molecule has 1 aromatic rings. The Morgan fingerprint density at radius 2 is 1.55 bits per heavy atom. The molecular formula is C14H21N3O3. The van der Waals surface area contributed by atoms with Gasteiger partial charge in [0.2, 0.25) is 5.91 Å². The van der Waals surface area contributed by atoms with Crippen molar-refractivity contribution in [2.45, 2.75) is 26.8 Å². The largest absolute Gasteiger partial charge is 0.453 e. The summed E-state index contributed by atoms with van der Waals surface area (Å²) in [4.78, 5) is 23.0. The topological polar surface area (TPSA) is 93.5 Å². The van der Waals surface area contributed by atoms with Crippen LogP contribution in [-0.4, -0.2) is 25.2 Å². The van der Waals surface area contributed by atoms with Crippen LogP contribution >= 0.6 is 0 Å². The van der Waals surface area contributed by atoms with Crippen LogP contribution in [0, 0.1) is 5.41 Å². The second-order valence-electron chi connectivity index (χ2n) is 5.53. The van der Waals surface area contributed by atoms with Gasteiger partial charge in [-0.3, -0.25) is 10.1 Å². The molecule has 0 spiro atoms. The Morgan fingerprint density at radius 1 is 1.10 bits per heavy atom. The Hall–Kier alpha value is -2.08. The molecule has 0 aliphatic rings. The third kappa shape index (κ3) is 4.55. The third-order valence-electron chi connectivity index (χ3n) is 2.80. The van der Waals surface area contributed by atoms with Crippen molar-refractivity contribution in [2.75, 3.05) is 17.7 Å². The molecular weight excluding hydrogens is 258 g/mol. The summed E-state index contributed by atoms with van der Waals surface area (Å²) in [6.45, 7) is 5.71. The van der Waals surface area contributed by atoms with Crippen LogP contribution in [0.2, 0.25) is 0 Å². The second-order valence-corrected chi connectivity index (χ2v) is 5.53. The van der Waals surface area contributed by atoms with Crippen molar-refractivity contribution in [3.8, 4) is 0 Å². The molecule has 1 rings (SSSR count). The summed E-state index contributed by atoms with van der Waals surface area (Å²) >= 11 is 0. The van der Waals surface area contributed by atoms with Gasteiger partial charge >= 0.3 is 6.09 Å². The molecule has 0 bridgehead atoms. The average molecular weight is 279 g/mol. The lowest BCUT2D eigenvalue weighted by Gasteiger charge is -2.25. The summed E-state index contributed by atoms with van der Waals surface area (Å²) in [6.07, 6.45) is -0.545. The Balaban J connectivity index is 2.66. The van der Waals surface area contributed by atoms with Gasteiger partial charge in [0.15, 0.2) is 0 Å². The first-order chi connectivity index (χ1) is 9.24. The first-order valence-corrected chi connectivity index (χ1v) is 6.25. The summed E-state index contributed by atoms with van der Waals surface area (Å²) in [5, 5.41) is 5.26. The van der Waals surface area contributed by atoms with E-state index in [1.165, 1.54) is 7.11 Å².